The minimum absolute atomic E-state index is 0.0891. The lowest BCUT2D eigenvalue weighted by atomic mass is 9.95. The number of carbonyl (C=O) groups is 3. The van der Waals surface area contributed by atoms with Gasteiger partial charge in [-0.15, -0.1) is 0 Å². The van der Waals surface area contributed by atoms with Gasteiger partial charge in [-0.05, 0) is 72.5 Å². The van der Waals surface area contributed by atoms with Gasteiger partial charge in [0.1, 0.15) is 5.69 Å². The van der Waals surface area contributed by atoms with Crippen LogP contribution in [0.2, 0.25) is 10.0 Å². The number of hydrogen-bond donors (Lipinski definition) is 2. The number of benzene rings is 2. The summed E-state index contributed by atoms with van der Waals surface area (Å²) >= 11 is 12.0. The van der Waals surface area contributed by atoms with Gasteiger partial charge in [-0.2, -0.15) is 0 Å². The van der Waals surface area contributed by atoms with Crippen LogP contribution < -0.4 is 10.2 Å². The lowest BCUT2D eigenvalue weighted by Crippen LogP contribution is -2.35. The molecule has 0 spiro atoms. The Bertz CT molecular complexity index is 1260. The summed E-state index contributed by atoms with van der Waals surface area (Å²) < 4.78 is 0. The Morgan fingerprint density at radius 1 is 1.00 bits per heavy atom. The molecule has 0 aliphatic carbocycles. The first-order valence-corrected chi connectivity index (χ1v) is 11.9. The number of rotatable bonds is 7. The Hall–Kier alpha value is -3.26. The Kier molecular flexibility index (Phi) is 7.80. The lowest BCUT2D eigenvalue weighted by Gasteiger charge is -2.26. The molecule has 2 aromatic carbocycles. The highest BCUT2D eigenvalue weighted by Gasteiger charge is 2.22. The van der Waals surface area contributed by atoms with Crippen molar-refractivity contribution in [3.63, 3.8) is 0 Å². The summed E-state index contributed by atoms with van der Waals surface area (Å²) in [5.74, 6) is -0.719. The van der Waals surface area contributed by atoms with E-state index >= 15 is 0 Å². The van der Waals surface area contributed by atoms with E-state index in [2.05, 4.69) is 10.3 Å². The largest absolute Gasteiger partial charge is 0.392 e. The molecule has 1 fully saturated rings. The number of ketones is 1. The van der Waals surface area contributed by atoms with Crippen molar-refractivity contribution in [3.05, 3.63) is 87.2 Å². The second kappa shape index (κ2) is 11.0. The van der Waals surface area contributed by atoms with Gasteiger partial charge < -0.3 is 15.3 Å². The Morgan fingerprint density at radius 3 is 2.40 bits per heavy atom. The first-order valence-electron chi connectivity index (χ1n) is 11.1. The van der Waals surface area contributed by atoms with E-state index in [0.717, 1.165) is 18.5 Å². The summed E-state index contributed by atoms with van der Waals surface area (Å²) in [6.07, 6.45) is 3.63. The molecular weight excluding hydrogens is 489 g/mol. The van der Waals surface area contributed by atoms with Crippen molar-refractivity contribution in [1.29, 1.82) is 0 Å². The molecule has 3 aromatic rings. The molecule has 7 nitrogen and oxygen atoms in total. The zero-order valence-electron chi connectivity index (χ0n) is 18.8. The zero-order chi connectivity index (χ0) is 24.9. The van der Waals surface area contributed by atoms with Crippen LogP contribution in [0.15, 0.2) is 54.7 Å². The molecule has 2 N–H and O–H groups in total. The van der Waals surface area contributed by atoms with Crippen LogP contribution >= 0.6 is 23.2 Å². The molecule has 0 radical (unpaired) electrons. The van der Waals surface area contributed by atoms with Crippen LogP contribution in [-0.4, -0.2) is 34.2 Å². The van der Waals surface area contributed by atoms with E-state index in [1.807, 2.05) is 0 Å². The first kappa shape index (κ1) is 24.9. The number of piperidine rings is 1. The predicted octanol–water partition coefficient (Wildman–Crippen LogP) is 5.08. The fraction of sp³-hybridized carbons (Fsp3) is 0.231. The number of hydrogen-bond acceptors (Lipinski definition) is 5. The van der Waals surface area contributed by atoms with Gasteiger partial charge in [0.25, 0.3) is 5.91 Å². The van der Waals surface area contributed by atoms with Crippen molar-refractivity contribution in [2.24, 2.45) is 0 Å². The summed E-state index contributed by atoms with van der Waals surface area (Å²) in [5.41, 5.74) is 2.34. The third-order valence-corrected chi connectivity index (χ3v) is 6.23. The minimum atomic E-state index is -0.487. The van der Waals surface area contributed by atoms with E-state index in [4.69, 9.17) is 23.2 Å². The normalized spacial score (nSPS) is 13.6. The Balaban J connectivity index is 1.57. The fourth-order valence-corrected chi connectivity index (χ4v) is 4.46. The van der Waals surface area contributed by atoms with Crippen LogP contribution in [0.1, 0.15) is 51.2 Å². The van der Waals surface area contributed by atoms with Gasteiger partial charge in [0.2, 0.25) is 5.91 Å². The number of anilines is 2. The number of carbonyl (C=O) groups excluding carboxylic acids is 3. The maximum Gasteiger partial charge on any atom is 0.256 e. The van der Waals surface area contributed by atoms with E-state index in [-0.39, 0.29) is 29.4 Å². The Labute approximate surface area is 212 Å². The van der Waals surface area contributed by atoms with E-state index in [9.17, 15) is 19.5 Å². The molecule has 0 atom stereocenters. The highest BCUT2D eigenvalue weighted by Crippen LogP contribution is 2.26. The molecule has 0 bridgehead atoms. The van der Waals surface area contributed by atoms with Gasteiger partial charge in [0, 0.05) is 47.5 Å². The zero-order valence-corrected chi connectivity index (χ0v) is 20.3. The predicted molar refractivity (Wildman–Crippen MR) is 135 cm³/mol. The second-order valence-corrected chi connectivity index (χ2v) is 9.10. The van der Waals surface area contributed by atoms with Gasteiger partial charge in [-0.25, -0.2) is 0 Å². The number of aliphatic hydroxyl groups is 1. The average molecular weight is 512 g/mol. The van der Waals surface area contributed by atoms with Crippen LogP contribution in [0.25, 0.3) is 0 Å². The van der Waals surface area contributed by atoms with E-state index < -0.39 is 12.5 Å². The molecular formula is C26H23Cl2N3O4. The molecule has 2 heterocycles. The highest BCUT2D eigenvalue weighted by atomic mass is 35.5. The minimum Gasteiger partial charge on any atom is -0.392 e. The van der Waals surface area contributed by atoms with Crippen molar-refractivity contribution in [2.45, 2.75) is 32.3 Å². The molecule has 180 valence electrons. The van der Waals surface area contributed by atoms with Crippen LogP contribution in [0.4, 0.5) is 11.4 Å². The molecule has 1 aliphatic heterocycles. The topological polar surface area (TPSA) is 99.6 Å². The summed E-state index contributed by atoms with van der Waals surface area (Å²) in [6, 6.07) is 13.1. The smallest absolute Gasteiger partial charge is 0.256 e. The Morgan fingerprint density at radius 2 is 1.74 bits per heavy atom. The van der Waals surface area contributed by atoms with E-state index in [1.54, 1.807) is 35.2 Å². The summed E-state index contributed by atoms with van der Waals surface area (Å²) in [7, 11) is 0. The molecule has 4 rings (SSSR count). The number of Topliss-reactive ketones (excluding diaryl/α,β-unsaturated/α-hetero) is 1. The third-order valence-electron chi connectivity index (χ3n) is 5.79. The molecule has 1 aliphatic rings. The van der Waals surface area contributed by atoms with E-state index in [1.165, 1.54) is 24.4 Å². The molecule has 35 heavy (non-hydrogen) atoms. The SMILES string of the molecule is O=C(Cc1cc(Cl)cc(CO)c1C(=O)Nc1ccc(N2CCCCC2=O)cc1)c1ccc(Cl)cn1. The quantitative estimate of drug-likeness (QED) is 0.431. The number of aliphatic hydroxyl groups excluding tert-OH is 1. The molecule has 1 aromatic heterocycles. The lowest BCUT2D eigenvalue weighted by molar-refractivity contribution is -0.119. The van der Waals surface area contributed by atoms with Gasteiger partial charge >= 0.3 is 0 Å². The van der Waals surface area contributed by atoms with Crippen LogP contribution in [0, 0.1) is 0 Å². The van der Waals surface area contributed by atoms with Crippen LogP contribution in [0.3, 0.4) is 0 Å². The van der Waals surface area contributed by atoms with E-state index in [0.29, 0.717) is 39.8 Å². The summed E-state index contributed by atoms with van der Waals surface area (Å²) in [5, 5.41) is 13.4. The van der Waals surface area contributed by atoms with Gasteiger partial charge in [-0.3, -0.25) is 19.4 Å². The second-order valence-electron chi connectivity index (χ2n) is 8.22. The number of aromatic nitrogens is 1. The number of halogens is 2. The van der Waals surface area contributed by atoms with Crippen molar-refractivity contribution in [1.82, 2.24) is 4.98 Å². The number of amides is 2. The molecule has 9 heteroatoms. The summed E-state index contributed by atoms with van der Waals surface area (Å²) in [6.45, 7) is 0.245. The third kappa shape index (κ3) is 5.88. The van der Waals surface area contributed by atoms with Crippen molar-refractivity contribution in [2.75, 3.05) is 16.8 Å². The first-order chi connectivity index (χ1) is 16.9. The fourth-order valence-electron chi connectivity index (χ4n) is 4.08. The monoisotopic (exact) mass is 511 g/mol. The molecule has 0 unspecified atom stereocenters. The average Bonchev–Trinajstić information content (AvgIpc) is 2.84. The van der Waals surface area contributed by atoms with Gasteiger partial charge in [0.05, 0.1) is 11.6 Å². The van der Waals surface area contributed by atoms with Crippen molar-refractivity contribution >= 4 is 52.2 Å². The molecule has 1 saturated heterocycles. The maximum absolute atomic E-state index is 13.3. The maximum atomic E-state index is 13.3. The van der Waals surface area contributed by atoms with Crippen molar-refractivity contribution in [3.8, 4) is 0 Å². The van der Waals surface area contributed by atoms with Crippen LogP contribution in [0.5, 0.6) is 0 Å². The number of nitrogens with one attached hydrogen (secondary N) is 1. The number of pyridine rings is 1. The molecule has 0 saturated carbocycles. The summed E-state index contributed by atoms with van der Waals surface area (Å²) in [4.78, 5) is 44.0. The van der Waals surface area contributed by atoms with Crippen LogP contribution in [-0.2, 0) is 17.8 Å². The highest BCUT2D eigenvalue weighted by molar-refractivity contribution is 6.31. The van der Waals surface area contributed by atoms with Crippen molar-refractivity contribution < 1.29 is 19.5 Å². The van der Waals surface area contributed by atoms with Gasteiger partial charge in [0.15, 0.2) is 5.78 Å². The molecule has 2 amide bonds. The van der Waals surface area contributed by atoms with Gasteiger partial charge in [-0.1, -0.05) is 23.2 Å². The number of nitrogens with zero attached hydrogens (tertiary/aromatic N) is 2. The standard InChI is InChI=1S/C26H23Cl2N3O4/c27-18-4-9-22(29-14-18)23(33)13-16-11-19(28)12-17(15-32)25(16)26(35)30-20-5-7-21(8-6-20)31-10-2-1-3-24(31)34/h4-9,11-12,14,32H,1-3,10,13,15H2,(H,30,35).